The summed E-state index contributed by atoms with van der Waals surface area (Å²) in [5.74, 6) is 0.816. The molecule has 43 heavy (non-hydrogen) atoms. The second-order valence-electron chi connectivity index (χ2n) is 10.1. The molecule has 0 radical (unpaired) electrons. The third-order valence-electron chi connectivity index (χ3n) is 6.62. The summed E-state index contributed by atoms with van der Waals surface area (Å²) in [7, 11) is 1.69. The number of benzene rings is 1. The molecule has 240 valence electrons. The Hall–Kier alpha value is -2.94. The Labute approximate surface area is 254 Å². The van der Waals surface area contributed by atoms with E-state index in [-0.39, 0.29) is 13.2 Å². The first-order valence-electron chi connectivity index (χ1n) is 15.2. The second kappa shape index (κ2) is 21.7. The van der Waals surface area contributed by atoms with Gasteiger partial charge in [-0.15, -0.1) is 10.2 Å². The highest BCUT2D eigenvalue weighted by Crippen LogP contribution is 2.23. The lowest BCUT2D eigenvalue weighted by molar-refractivity contribution is -0.145. The van der Waals surface area contributed by atoms with Gasteiger partial charge in [-0.3, -0.25) is 0 Å². The number of ether oxygens (including phenoxy) is 5. The van der Waals surface area contributed by atoms with E-state index in [1.807, 2.05) is 24.3 Å². The molecule has 1 aromatic carbocycles. The first-order valence-corrected chi connectivity index (χ1v) is 15.2. The molecule has 0 aliphatic rings. The summed E-state index contributed by atoms with van der Waals surface area (Å²) in [5, 5.41) is 34.4. The van der Waals surface area contributed by atoms with Crippen LogP contribution in [0.15, 0.2) is 36.7 Å². The minimum atomic E-state index is -0.584. The Bertz CT molecular complexity index is 1040. The van der Waals surface area contributed by atoms with Gasteiger partial charge in [0.25, 0.3) is 0 Å². The predicted molar refractivity (Wildman–Crippen MR) is 159 cm³/mol. The Morgan fingerprint density at radius 2 is 1.23 bits per heavy atom. The van der Waals surface area contributed by atoms with Crippen LogP contribution in [0.4, 0.5) is 0 Å². The van der Waals surface area contributed by atoms with Gasteiger partial charge in [0.1, 0.15) is 5.75 Å². The first-order chi connectivity index (χ1) is 21.2. The van der Waals surface area contributed by atoms with Crippen LogP contribution in [-0.4, -0.2) is 100 Å². The minimum Gasteiger partial charge on any atom is -0.494 e. The molecule has 0 unspecified atom stereocenters. The zero-order valence-electron chi connectivity index (χ0n) is 25.4. The monoisotopic (exact) mass is 604 g/mol. The maximum absolute atomic E-state index is 9.08. The molecule has 3 aromatic rings. The molecule has 0 spiro atoms. The number of rotatable bonds is 26. The number of aliphatic hydroxyl groups is 2. The number of nitrogens with zero attached hydrogens (tertiary/aromatic N) is 6. The van der Waals surface area contributed by atoms with E-state index in [4.69, 9.17) is 33.9 Å². The first kappa shape index (κ1) is 34.5. The van der Waals surface area contributed by atoms with Crippen molar-refractivity contribution in [3.05, 3.63) is 53.6 Å². The number of hydrogen-bond acceptors (Lipinski definition) is 11. The Kier molecular flexibility index (Phi) is 17.4. The van der Waals surface area contributed by atoms with Crippen molar-refractivity contribution < 1.29 is 33.9 Å². The number of unbranched alkanes of at least 4 members (excludes halogenated alkanes) is 5. The van der Waals surface area contributed by atoms with Crippen LogP contribution in [0.3, 0.4) is 0 Å². The molecular weight excluding hydrogens is 556 g/mol. The third kappa shape index (κ3) is 14.4. The summed E-state index contributed by atoms with van der Waals surface area (Å²) in [6.45, 7) is 4.41. The van der Waals surface area contributed by atoms with E-state index in [1.54, 1.807) is 28.9 Å². The van der Waals surface area contributed by atoms with Gasteiger partial charge in [-0.25, -0.2) is 9.36 Å². The lowest BCUT2D eigenvalue weighted by Crippen LogP contribution is -2.13. The van der Waals surface area contributed by atoms with Crippen LogP contribution >= 0.6 is 0 Å². The maximum Gasteiger partial charge on any atom is 0.183 e. The smallest absolute Gasteiger partial charge is 0.183 e. The van der Waals surface area contributed by atoms with Gasteiger partial charge in [0.05, 0.1) is 70.7 Å². The Balaban J connectivity index is 1.40. The van der Waals surface area contributed by atoms with E-state index in [2.05, 4.69) is 20.6 Å². The van der Waals surface area contributed by atoms with Crippen LogP contribution in [0.1, 0.15) is 61.8 Å². The van der Waals surface area contributed by atoms with Crippen molar-refractivity contribution in [3.8, 4) is 5.75 Å². The van der Waals surface area contributed by atoms with Crippen molar-refractivity contribution in [3.63, 3.8) is 0 Å². The van der Waals surface area contributed by atoms with Crippen LogP contribution in [0.5, 0.6) is 5.75 Å². The Morgan fingerprint density at radius 3 is 1.79 bits per heavy atom. The van der Waals surface area contributed by atoms with Crippen LogP contribution < -0.4 is 4.74 Å². The summed E-state index contributed by atoms with van der Waals surface area (Å²) in [6, 6.07) is 7.81. The zero-order valence-corrected chi connectivity index (χ0v) is 25.4. The molecule has 2 heterocycles. The van der Waals surface area contributed by atoms with Gasteiger partial charge in [-0.05, 0) is 25.0 Å². The average molecular weight is 605 g/mol. The highest BCUT2D eigenvalue weighted by Gasteiger charge is 2.15. The SMILES string of the molecule is COCCOCCCCCCCCOc1ccc(C(OCCc2cn(CCO)nn2)OCCc2cn(CCO)nn2)cc1. The van der Waals surface area contributed by atoms with Crippen molar-refractivity contribution in [1.82, 2.24) is 30.0 Å². The van der Waals surface area contributed by atoms with Crippen LogP contribution in [0, 0.1) is 0 Å². The fourth-order valence-corrected chi connectivity index (χ4v) is 4.28. The van der Waals surface area contributed by atoms with Gasteiger partial charge in [0.2, 0.25) is 0 Å². The van der Waals surface area contributed by atoms with Gasteiger partial charge in [-0.2, -0.15) is 0 Å². The lowest BCUT2D eigenvalue weighted by Gasteiger charge is -2.19. The fourth-order valence-electron chi connectivity index (χ4n) is 4.28. The molecular formula is C30H48N6O7. The number of aliphatic hydroxyl groups excluding tert-OH is 2. The van der Waals surface area contributed by atoms with Crippen molar-refractivity contribution in [2.75, 3.05) is 60.0 Å². The largest absolute Gasteiger partial charge is 0.494 e. The quantitative estimate of drug-likeness (QED) is 0.103. The molecule has 0 saturated carbocycles. The molecule has 2 N–H and O–H groups in total. The topological polar surface area (TPSA) is 148 Å². The molecule has 0 amide bonds. The molecule has 0 atom stereocenters. The van der Waals surface area contributed by atoms with E-state index < -0.39 is 6.29 Å². The number of aromatic nitrogens is 6. The average Bonchev–Trinajstić information content (AvgIpc) is 3.67. The fraction of sp³-hybridized carbons (Fsp3) is 0.667. The van der Waals surface area contributed by atoms with Crippen LogP contribution in [-0.2, 0) is 44.9 Å². The summed E-state index contributed by atoms with van der Waals surface area (Å²) in [6.07, 6.45) is 11.0. The summed E-state index contributed by atoms with van der Waals surface area (Å²) in [4.78, 5) is 0. The van der Waals surface area contributed by atoms with E-state index in [1.165, 1.54) is 19.3 Å². The van der Waals surface area contributed by atoms with Crippen LogP contribution in [0.25, 0.3) is 0 Å². The third-order valence-corrected chi connectivity index (χ3v) is 6.62. The van der Waals surface area contributed by atoms with Crippen molar-refractivity contribution in [1.29, 1.82) is 0 Å². The summed E-state index contributed by atoms with van der Waals surface area (Å²) >= 11 is 0. The predicted octanol–water partition coefficient (Wildman–Crippen LogP) is 2.75. The maximum atomic E-state index is 9.08. The standard InChI is InChI=1S/C30H48N6O7/c1-39-22-23-40-18-6-4-2-3-5-7-19-41-29-10-8-26(9-11-29)30(42-20-12-27-24-35(14-16-37)33-31-27)43-21-13-28-25-36(15-17-38)34-32-28/h8-11,24-25,30,37-38H,2-7,12-23H2,1H3. The number of methoxy groups -OCH3 is 1. The van der Waals surface area contributed by atoms with Gasteiger partial charge in [-0.1, -0.05) is 48.2 Å². The molecule has 13 heteroatoms. The molecule has 0 aliphatic carbocycles. The summed E-state index contributed by atoms with van der Waals surface area (Å²) < 4.78 is 31.9. The van der Waals surface area contributed by atoms with E-state index in [9.17, 15) is 0 Å². The lowest BCUT2D eigenvalue weighted by atomic mass is 10.1. The summed E-state index contributed by atoms with van der Waals surface area (Å²) in [5.41, 5.74) is 2.44. The van der Waals surface area contributed by atoms with Gasteiger partial charge < -0.3 is 33.9 Å². The van der Waals surface area contributed by atoms with Crippen molar-refractivity contribution in [2.24, 2.45) is 0 Å². The molecule has 0 saturated heterocycles. The minimum absolute atomic E-state index is 0.00913. The molecule has 2 aromatic heterocycles. The van der Waals surface area contributed by atoms with Crippen molar-refractivity contribution in [2.45, 2.75) is 70.7 Å². The second-order valence-corrected chi connectivity index (χ2v) is 10.1. The van der Waals surface area contributed by atoms with Crippen LogP contribution in [0.2, 0.25) is 0 Å². The molecule has 0 aliphatic heterocycles. The van der Waals surface area contributed by atoms with Crippen molar-refractivity contribution >= 4 is 0 Å². The molecule has 0 bridgehead atoms. The zero-order chi connectivity index (χ0) is 30.4. The van der Waals surface area contributed by atoms with E-state index >= 15 is 0 Å². The highest BCUT2D eigenvalue weighted by atomic mass is 16.7. The van der Waals surface area contributed by atoms with E-state index in [0.29, 0.717) is 59.0 Å². The van der Waals surface area contributed by atoms with Gasteiger partial charge >= 0.3 is 0 Å². The normalized spacial score (nSPS) is 11.5. The van der Waals surface area contributed by atoms with E-state index in [0.717, 1.165) is 48.6 Å². The van der Waals surface area contributed by atoms with Gasteiger partial charge in [0, 0.05) is 44.5 Å². The van der Waals surface area contributed by atoms with Gasteiger partial charge in [0.15, 0.2) is 6.29 Å². The highest BCUT2D eigenvalue weighted by molar-refractivity contribution is 5.28. The molecule has 0 fully saturated rings. The number of hydrogen-bond donors (Lipinski definition) is 2. The molecule has 3 rings (SSSR count). The molecule has 13 nitrogen and oxygen atoms in total. The Morgan fingerprint density at radius 1 is 0.674 bits per heavy atom.